The predicted octanol–water partition coefficient (Wildman–Crippen LogP) is 1.25. The number of hydrogen-bond donors (Lipinski definition) is 1. The zero-order valence-corrected chi connectivity index (χ0v) is 12.5. The van der Waals surface area contributed by atoms with E-state index < -0.39 is 0 Å². The van der Waals surface area contributed by atoms with Gasteiger partial charge in [-0.25, -0.2) is 15.0 Å². The van der Waals surface area contributed by atoms with Crippen molar-refractivity contribution in [2.45, 2.75) is 38.1 Å². The number of hydrogen-bond acceptors (Lipinski definition) is 4. The molecule has 6 nitrogen and oxygen atoms in total. The van der Waals surface area contributed by atoms with Crippen LogP contribution in [0.1, 0.15) is 32.1 Å². The molecule has 21 heavy (non-hydrogen) atoms. The van der Waals surface area contributed by atoms with Gasteiger partial charge < -0.3 is 15.5 Å². The van der Waals surface area contributed by atoms with Crippen molar-refractivity contribution in [3.63, 3.8) is 0 Å². The fourth-order valence-corrected chi connectivity index (χ4v) is 3.07. The average Bonchev–Trinajstić information content (AvgIpc) is 2.57. The molecule has 0 aromatic carbocycles. The Morgan fingerprint density at radius 1 is 1.05 bits per heavy atom. The van der Waals surface area contributed by atoms with Crippen molar-refractivity contribution in [3.8, 4) is 0 Å². The molecule has 2 fully saturated rings. The Morgan fingerprint density at radius 3 is 2.38 bits per heavy atom. The first-order valence-corrected chi connectivity index (χ1v) is 7.93. The van der Waals surface area contributed by atoms with Gasteiger partial charge >= 0.3 is 0 Å². The van der Waals surface area contributed by atoms with Gasteiger partial charge in [-0.3, -0.25) is 0 Å². The van der Waals surface area contributed by atoms with Gasteiger partial charge in [0.2, 0.25) is 5.95 Å². The third-order valence-electron chi connectivity index (χ3n) is 4.33. The number of rotatable bonds is 2. The van der Waals surface area contributed by atoms with E-state index >= 15 is 0 Å². The maximum absolute atomic E-state index is 6.19. The van der Waals surface area contributed by atoms with Gasteiger partial charge in [0, 0.05) is 38.6 Å². The van der Waals surface area contributed by atoms with Crippen molar-refractivity contribution >= 4 is 11.9 Å². The van der Waals surface area contributed by atoms with Crippen LogP contribution in [-0.4, -0.2) is 53.0 Å². The number of aromatic nitrogens is 2. The highest BCUT2D eigenvalue weighted by molar-refractivity contribution is 5.78. The Hall–Kier alpha value is -1.85. The molecule has 114 valence electrons. The average molecular weight is 288 g/mol. The molecule has 0 atom stereocenters. The summed E-state index contributed by atoms with van der Waals surface area (Å²) >= 11 is 0. The molecule has 0 unspecified atom stereocenters. The van der Waals surface area contributed by atoms with Crippen LogP contribution in [0.25, 0.3) is 0 Å². The summed E-state index contributed by atoms with van der Waals surface area (Å²) in [6, 6.07) is 2.28. The second-order valence-electron chi connectivity index (χ2n) is 5.80. The molecule has 2 heterocycles. The SMILES string of the molecule is NC(=NC1CCCCC1)N1CCN(c2ncccn2)CC1. The Balaban J connectivity index is 1.54. The second kappa shape index (κ2) is 6.74. The highest BCUT2D eigenvalue weighted by Gasteiger charge is 2.21. The molecular weight excluding hydrogens is 264 g/mol. The van der Waals surface area contributed by atoms with Gasteiger partial charge in [0.1, 0.15) is 0 Å². The third-order valence-corrected chi connectivity index (χ3v) is 4.33. The van der Waals surface area contributed by atoms with Gasteiger partial charge in [0.15, 0.2) is 5.96 Å². The minimum atomic E-state index is 0.439. The predicted molar refractivity (Wildman–Crippen MR) is 84.3 cm³/mol. The molecule has 0 bridgehead atoms. The van der Waals surface area contributed by atoms with Crippen molar-refractivity contribution in [3.05, 3.63) is 18.5 Å². The molecule has 2 aliphatic rings. The molecule has 1 saturated carbocycles. The number of nitrogens with two attached hydrogens (primary N) is 1. The van der Waals surface area contributed by atoms with Crippen LogP contribution < -0.4 is 10.6 Å². The maximum Gasteiger partial charge on any atom is 0.225 e. The number of nitrogens with zero attached hydrogens (tertiary/aromatic N) is 5. The summed E-state index contributed by atoms with van der Waals surface area (Å²) in [6.45, 7) is 3.57. The highest BCUT2D eigenvalue weighted by atomic mass is 15.4. The van der Waals surface area contributed by atoms with E-state index in [2.05, 4.69) is 19.8 Å². The largest absolute Gasteiger partial charge is 0.370 e. The first kappa shape index (κ1) is 14.1. The van der Waals surface area contributed by atoms with Crippen LogP contribution in [0, 0.1) is 0 Å². The summed E-state index contributed by atoms with van der Waals surface area (Å²) in [4.78, 5) is 17.7. The van der Waals surface area contributed by atoms with Crippen molar-refractivity contribution in [1.29, 1.82) is 0 Å². The molecule has 1 aliphatic carbocycles. The van der Waals surface area contributed by atoms with Crippen LogP contribution in [0.2, 0.25) is 0 Å². The van der Waals surface area contributed by atoms with Gasteiger partial charge in [0.05, 0.1) is 6.04 Å². The fourth-order valence-electron chi connectivity index (χ4n) is 3.07. The molecule has 0 spiro atoms. The Kier molecular flexibility index (Phi) is 4.52. The van der Waals surface area contributed by atoms with Gasteiger partial charge in [0.25, 0.3) is 0 Å². The molecule has 1 saturated heterocycles. The Bertz CT molecular complexity index is 460. The first-order valence-electron chi connectivity index (χ1n) is 7.93. The Labute approximate surface area is 126 Å². The molecular formula is C15H24N6. The van der Waals surface area contributed by atoms with Crippen molar-refractivity contribution in [1.82, 2.24) is 14.9 Å². The molecule has 0 amide bonds. The van der Waals surface area contributed by atoms with E-state index in [4.69, 9.17) is 10.7 Å². The number of piperazine rings is 1. The van der Waals surface area contributed by atoms with Gasteiger partial charge in [-0.2, -0.15) is 0 Å². The smallest absolute Gasteiger partial charge is 0.225 e. The van der Waals surface area contributed by atoms with Crippen LogP contribution in [0.3, 0.4) is 0 Å². The topological polar surface area (TPSA) is 70.6 Å². The van der Waals surface area contributed by atoms with Crippen LogP contribution in [0.4, 0.5) is 5.95 Å². The monoisotopic (exact) mass is 288 g/mol. The fraction of sp³-hybridized carbons (Fsp3) is 0.667. The maximum atomic E-state index is 6.19. The van der Waals surface area contributed by atoms with Crippen molar-refractivity contribution < 1.29 is 0 Å². The number of aliphatic imine (C=N–C) groups is 1. The minimum absolute atomic E-state index is 0.439. The minimum Gasteiger partial charge on any atom is -0.370 e. The lowest BCUT2D eigenvalue weighted by molar-refractivity contribution is 0.370. The van der Waals surface area contributed by atoms with Gasteiger partial charge in [-0.05, 0) is 18.9 Å². The summed E-state index contributed by atoms with van der Waals surface area (Å²) in [7, 11) is 0. The Morgan fingerprint density at radius 2 is 1.71 bits per heavy atom. The quantitative estimate of drug-likeness (QED) is 0.655. The molecule has 2 N–H and O–H groups in total. The lowest BCUT2D eigenvalue weighted by Gasteiger charge is -2.35. The van der Waals surface area contributed by atoms with E-state index in [-0.39, 0.29) is 0 Å². The second-order valence-corrected chi connectivity index (χ2v) is 5.80. The summed E-state index contributed by atoms with van der Waals surface area (Å²) in [6.07, 6.45) is 9.89. The zero-order chi connectivity index (χ0) is 14.5. The normalized spacial score (nSPS) is 21.6. The number of guanidine groups is 1. The molecule has 0 radical (unpaired) electrons. The molecule has 1 aromatic heterocycles. The lowest BCUT2D eigenvalue weighted by Crippen LogP contribution is -2.51. The lowest BCUT2D eigenvalue weighted by atomic mass is 9.96. The van der Waals surface area contributed by atoms with Gasteiger partial charge in [-0.15, -0.1) is 0 Å². The number of anilines is 1. The van der Waals surface area contributed by atoms with E-state index in [1.54, 1.807) is 12.4 Å². The van der Waals surface area contributed by atoms with E-state index in [1.165, 1.54) is 32.1 Å². The van der Waals surface area contributed by atoms with Gasteiger partial charge in [-0.1, -0.05) is 19.3 Å². The highest BCUT2D eigenvalue weighted by Crippen LogP contribution is 2.20. The molecule has 1 aromatic rings. The van der Waals surface area contributed by atoms with Crippen LogP contribution in [-0.2, 0) is 0 Å². The van der Waals surface area contributed by atoms with E-state index in [0.29, 0.717) is 6.04 Å². The van der Waals surface area contributed by atoms with Crippen molar-refractivity contribution in [2.24, 2.45) is 10.7 Å². The summed E-state index contributed by atoms with van der Waals surface area (Å²) in [5.74, 6) is 1.52. The van der Waals surface area contributed by atoms with Crippen LogP contribution in [0.15, 0.2) is 23.5 Å². The van der Waals surface area contributed by atoms with E-state index in [1.807, 2.05) is 6.07 Å². The third kappa shape index (κ3) is 3.62. The summed E-state index contributed by atoms with van der Waals surface area (Å²) in [5.41, 5.74) is 6.19. The van der Waals surface area contributed by atoms with E-state index in [9.17, 15) is 0 Å². The van der Waals surface area contributed by atoms with Crippen molar-refractivity contribution in [2.75, 3.05) is 31.1 Å². The van der Waals surface area contributed by atoms with Crippen LogP contribution in [0.5, 0.6) is 0 Å². The molecule has 3 rings (SSSR count). The molecule has 1 aliphatic heterocycles. The van der Waals surface area contributed by atoms with Crippen LogP contribution >= 0.6 is 0 Å². The summed E-state index contributed by atoms with van der Waals surface area (Å²) < 4.78 is 0. The standard InChI is InChI=1S/C15H24N6/c16-14(19-13-5-2-1-3-6-13)20-9-11-21(12-10-20)15-17-7-4-8-18-15/h4,7-8,13H,1-3,5-6,9-12H2,(H2,16,19). The first-order chi connectivity index (χ1) is 10.3. The molecule has 6 heteroatoms. The summed E-state index contributed by atoms with van der Waals surface area (Å²) in [5, 5.41) is 0. The zero-order valence-electron chi connectivity index (χ0n) is 12.5. The van der Waals surface area contributed by atoms with E-state index in [0.717, 1.165) is 38.1 Å².